The maximum absolute atomic E-state index is 12.6. The van der Waals surface area contributed by atoms with Crippen LogP contribution in [0.1, 0.15) is 30.4 Å². The van der Waals surface area contributed by atoms with Crippen molar-refractivity contribution >= 4 is 11.8 Å². The summed E-state index contributed by atoms with van der Waals surface area (Å²) in [5.74, 6) is -0.0518. The lowest BCUT2D eigenvalue weighted by Crippen LogP contribution is -2.51. The van der Waals surface area contributed by atoms with Gasteiger partial charge in [0.1, 0.15) is 6.04 Å². The van der Waals surface area contributed by atoms with E-state index in [1.54, 1.807) is 12.4 Å². The molecule has 2 amide bonds. The summed E-state index contributed by atoms with van der Waals surface area (Å²) in [6.07, 6.45) is 6.10. The molecule has 1 atom stereocenters. The minimum atomic E-state index is -0.401. The van der Waals surface area contributed by atoms with Gasteiger partial charge in [-0.05, 0) is 42.5 Å². The maximum Gasteiger partial charge on any atom is 0.245 e. The molecule has 3 rings (SSSR count). The molecule has 0 saturated carbocycles. The summed E-state index contributed by atoms with van der Waals surface area (Å²) in [4.78, 5) is 30.6. The van der Waals surface area contributed by atoms with Gasteiger partial charge in [-0.25, -0.2) is 0 Å². The number of likely N-dealkylation sites (tertiary alicyclic amines) is 1. The lowest BCUT2D eigenvalue weighted by molar-refractivity contribution is -0.139. The topological polar surface area (TPSA) is 62.3 Å². The molecule has 0 spiro atoms. The van der Waals surface area contributed by atoms with Crippen LogP contribution in [0.25, 0.3) is 0 Å². The average Bonchev–Trinajstić information content (AvgIpc) is 2.65. The van der Waals surface area contributed by atoms with E-state index in [4.69, 9.17) is 0 Å². The van der Waals surface area contributed by atoms with Gasteiger partial charge in [-0.3, -0.25) is 14.6 Å². The Kier molecular flexibility index (Phi) is 5.77. The Bertz CT molecular complexity index is 703. The molecule has 1 aliphatic rings. The van der Waals surface area contributed by atoms with E-state index in [2.05, 4.69) is 10.3 Å². The third kappa shape index (κ3) is 4.89. The number of rotatable bonds is 6. The molecule has 1 fully saturated rings. The third-order valence-corrected chi connectivity index (χ3v) is 4.47. The second-order valence-electron chi connectivity index (χ2n) is 6.36. The number of hydrogen-bond acceptors (Lipinski definition) is 3. The molecule has 2 aromatic rings. The number of carbonyl (C=O) groups is 2. The fourth-order valence-corrected chi connectivity index (χ4v) is 3.11. The van der Waals surface area contributed by atoms with Gasteiger partial charge in [-0.2, -0.15) is 0 Å². The van der Waals surface area contributed by atoms with Crippen LogP contribution in [0, 0.1) is 0 Å². The summed E-state index contributed by atoms with van der Waals surface area (Å²) in [5.41, 5.74) is 2.19. The number of nitrogens with one attached hydrogen (secondary N) is 1. The van der Waals surface area contributed by atoms with Crippen molar-refractivity contribution in [3.05, 3.63) is 66.0 Å². The van der Waals surface area contributed by atoms with E-state index in [0.717, 1.165) is 24.1 Å². The summed E-state index contributed by atoms with van der Waals surface area (Å²) in [5, 5.41) is 2.91. The normalized spacial score (nSPS) is 17.4. The number of amides is 2. The summed E-state index contributed by atoms with van der Waals surface area (Å²) in [6.45, 7) is 1.35. The summed E-state index contributed by atoms with van der Waals surface area (Å²) in [7, 11) is 0. The van der Waals surface area contributed by atoms with Crippen molar-refractivity contribution in [2.75, 3.05) is 6.54 Å². The van der Waals surface area contributed by atoms with Crippen LogP contribution >= 0.6 is 0 Å². The molecule has 1 aliphatic heterocycles. The second kappa shape index (κ2) is 8.42. The van der Waals surface area contributed by atoms with E-state index in [9.17, 15) is 9.59 Å². The lowest BCUT2D eigenvalue weighted by Gasteiger charge is -2.32. The number of nitrogens with zero attached hydrogens (tertiary/aromatic N) is 2. The van der Waals surface area contributed by atoms with Gasteiger partial charge in [0, 0.05) is 31.9 Å². The van der Waals surface area contributed by atoms with Gasteiger partial charge in [0.25, 0.3) is 0 Å². The maximum atomic E-state index is 12.6. The molecule has 0 aliphatic carbocycles. The monoisotopic (exact) mass is 337 g/mol. The van der Waals surface area contributed by atoms with E-state index in [1.807, 2.05) is 47.4 Å². The number of benzene rings is 1. The minimum absolute atomic E-state index is 0.0207. The van der Waals surface area contributed by atoms with Gasteiger partial charge in [0.2, 0.25) is 11.8 Å². The molecule has 1 saturated heterocycles. The van der Waals surface area contributed by atoms with Crippen molar-refractivity contribution in [3.63, 3.8) is 0 Å². The van der Waals surface area contributed by atoms with Crippen LogP contribution in [0.5, 0.6) is 0 Å². The number of pyridine rings is 1. The highest BCUT2D eigenvalue weighted by Crippen LogP contribution is 2.15. The molecule has 25 heavy (non-hydrogen) atoms. The van der Waals surface area contributed by atoms with Crippen LogP contribution in [0.2, 0.25) is 0 Å². The number of hydrogen-bond donors (Lipinski definition) is 1. The Hall–Kier alpha value is -2.69. The smallest absolute Gasteiger partial charge is 0.245 e. The van der Waals surface area contributed by atoms with Crippen molar-refractivity contribution in [3.8, 4) is 0 Å². The lowest BCUT2D eigenvalue weighted by atomic mass is 10.0. The van der Waals surface area contributed by atoms with E-state index < -0.39 is 6.04 Å². The molecular weight excluding hydrogens is 314 g/mol. The second-order valence-corrected chi connectivity index (χ2v) is 6.36. The van der Waals surface area contributed by atoms with Crippen molar-refractivity contribution in [2.45, 2.75) is 38.3 Å². The molecule has 0 radical (unpaired) electrons. The van der Waals surface area contributed by atoms with E-state index >= 15 is 0 Å². The predicted molar refractivity (Wildman–Crippen MR) is 95.6 cm³/mol. The van der Waals surface area contributed by atoms with Gasteiger partial charge >= 0.3 is 0 Å². The van der Waals surface area contributed by atoms with Crippen molar-refractivity contribution < 1.29 is 9.59 Å². The van der Waals surface area contributed by atoms with E-state index in [1.165, 1.54) is 0 Å². The minimum Gasteiger partial charge on any atom is -0.344 e. The zero-order valence-electron chi connectivity index (χ0n) is 14.2. The first-order chi connectivity index (χ1) is 12.2. The zero-order valence-corrected chi connectivity index (χ0v) is 14.2. The molecule has 2 heterocycles. The third-order valence-electron chi connectivity index (χ3n) is 4.47. The van der Waals surface area contributed by atoms with Crippen LogP contribution < -0.4 is 5.32 Å². The van der Waals surface area contributed by atoms with Crippen LogP contribution in [-0.2, 0) is 22.6 Å². The fraction of sp³-hybridized carbons (Fsp3) is 0.350. The van der Waals surface area contributed by atoms with Crippen LogP contribution in [-0.4, -0.2) is 34.3 Å². The summed E-state index contributed by atoms with van der Waals surface area (Å²) < 4.78 is 0. The van der Waals surface area contributed by atoms with Crippen molar-refractivity contribution in [1.29, 1.82) is 0 Å². The first-order valence-electron chi connectivity index (χ1n) is 8.73. The molecule has 0 bridgehead atoms. The zero-order chi connectivity index (χ0) is 17.5. The largest absolute Gasteiger partial charge is 0.344 e. The standard InChI is InChI=1S/C20H23N3O2/c24-19(9-8-16-10-12-21-13-11-16)22-18-7-4-14-23(20(18)25)15-17-5-2-1-3-6-17/h1-3,5-6,10-13,18H,4,7-9,14-15H2,(H,22,24)/t18-/m0/s1. The van der Waals surface area contributed by atoms with E-state index in [0.29, 0.717) is 25.8 Å². The van der Waals surface area contributed by atoms with Crippen LogP contribution in [0.4, 0.5) is 0 Å². The Labute approximate surface area is 148 Å². The molecule has 1 N–H and O–H groups in total. The van der Waals surface area contributed by atoms with Gasteiger partial charge in [-0.15, -0.1) is 0 Å². The predicted octanol–water partition coefficient (Wildman–Crippen LogP) is 2.32. The van der Waals surface area contributed by atoms with Crippen molar-refractivity contribution in [1.82, 2.24) is 15.2 Å². The Morgan fingerprint density at radius 1 is 1.12 bits per heavy atom. The molecule has 5 heteroatoms. The quantitative estimate of drug-likeness (QED) is 0.880. The Morgan fingerprint density at radius 3 is 2.64 bits per heavy atom. The Morgan fingerprint density at radius 2 is 1.88 bits per heavy atom. The number of carbonyl (C=O) groups excluding carboxylic acids is 2. The summed E-state index contributed by atoms with van der Waals surface area (Å²) >= 11 is 0. The number of aromatic nitrogens is 1. The van der Waals surface area contributed by atoms with E-state index in [-0.39, 0.29) is 11.8 Å². The molecule has 1 aromatic heterocycles. The summed E-state index contributed by atoms with van der Waals surface area (Å²) in [6, 6.07) is 13.4. The van der Waals surface area contributed by atoms with Gasteiger partial charge < -0.3 is 10.2 Å². The van der Waals surface area contributed by atoms with Crippen LogP contribution in [0.15, 0.2) is 54.9 Å². The number of aryl methyl sites for hydroxylation is 1. The highest BCUT2D eigenvalue weighted by Gasteiger charge is 2.29. The Balaban J connectivity index is 1.51. The molecule has 0 unspecified atom stereocenters. The SMILES string of the molecule is O=C(CCc1ccncc1)N[C@H]1CCCN(Cc2ccccc2)C1=O. The highest BCUT2D eigenvalue weighted by molar-refractivity contribution is 5.88. The van der Waals surface area contributed by atoms with Gasteiger partial charge in [0.05, 0.1) is 0 Å². The van der Waals surface area contributed by atoms with Crippen molar-refractivity contribution in [2.24, 2.45) is 0 Å². The molecule has 5 nitrogen and oxygen atoms in total. The first kappa shape index (κ1) is 17.1. The van der Waals surface area contributed by atoms with Gasteiger partial charge in [0.15, 0.2) is 0 Å². The number of piperidine rings is 1. The fourth-order valence-electron chi connectivity index (χ4n) is 3.11. The van der Waals surface area contributed by atoms with Gasteiger partial charge in [-0.1, -0.05) is 30.3 Å². The molecule has 1 aromatic carbocycles. The molecule has 130 valence electrons. The average molecular weight is 337 g/mol. The van der Waals surface area contributed by atoms with Crippen LogP contribution in [0.3, 0.4) is 0 Å². The molecular formula is C20H23N3O2. The first-order valence-corrected chi connectivity index (χ1v) is 8.73. The highest BCUT2D eigenvalue weighted by atomic mass is 16.2.